The standard InChI is InChI=1S/C26H33BrN4O3S2.ClH/c1-29(2)16-7-17-31(26-28-23-15-12-20(27)18-24(23)35-26)25(32)19-10-13-22(14-11-19)36(33,34)30(3)21-8-5-4-6-9-21;/h10-15,18,21H,4-9,16-17H2,1-3H3;1H/p-1. The summed E-state index contributed by atoms with van der Waals surface area (Å²) in [5.74, 6) is -0.184. The first kappa shape index (κ1) is 30.0. The Bertz CT molecular complexity index is 1310. The highest BCUT2D eigenvalue weighted by Crippen LogP contribution is 2.32. The van der Waals surface area contributed by atoms with Gasteiger partial charge in [0.25, 0.3) is 5.91 Å². The summed E-state index contributed by atoms with van der Waals surface area (Å²) in [5, 5.41) is 0.639. The molecule has 1 amide bonds. The highest BCUT2D eigenvalue weighted by Gasteiger charge is 2.29. The van der Waals surface area contributed by atoms with Gasteiger partial charge < -0.3 is 17.3 Å². The predicted molar refractivity (Wildman–Crippen MR) is 150 cm³/mol. The largest absolute Gasteiger partial charge is 1.00 e. The van der Waals surface area contributed by atoms with Crippen molar-refractivity contribution in [3.05, 3.63) is 52.5 Å². The van der Waals surface area contributed by atoms with Crippen LogP contribution in [0.4, 0.5) is 5.13 Å². The van der Waals surface area contributed by atoms with Crippen LogP contribution in [-0.4, -0.2) is 68.8 Å². The molecule has 4 rings (SSSR count). The average molecular weight is 629 g/mol. The van der Waals surface area contributed by atoms with Crippen LogP contribution in [0.3, 0.4) is 0 Å². The Kier molecular flexibility index (Phi) is 10.5. The summed E-state index contributed by atoms with van der Waals surface area (Å²) in [6.07, 6.45) is 5.86. The van der Waals surface area contributed by atoms with Gasteiger partial charge in [-0.15, -0.1) is 0 Å². The monoisotopic (exact) mass is 627 g/mol. The van der Waals surface area contributed by atoms with E-state index in [-0.39, 0.29) is 29.3 Å². The van der Waals surface area contributed by atoms with E-state index in [0.717, 1.165) is 59.8 Å². The summed E-state index contributed by atoms with van der Waals surface area (Å²) >= 11 is 4.98. The lowest BCUT2D eigenvalue weighted by Gasteiger charge is -2.30. The van der Waals surface area contributed by atoms with Crippen molar-refractivity contribution in [3.63, 3.8) is 0 Å². The minimum Gasteiger partial charge on any atom is -1.00 e. The van der Waals surface area contributed by atoms with Gasteiger partial charge in [-0.1, -0.05) is 46.5 Å². The molecule has 1 aromatic heterocycles. The fraction of sp³-hybridized carbons (Fsp3) is 0.462. The second kappa shape index (κ2) is 13.0. The Labute approximate surface area is 238 Å². The molecule has 1 aliphatic carbocycles. The van der Waals surface area contributed by atoms with Crippen LogP contribution in [0, 0.1) is 0 Å². The van der Waals surface area contributed by atoms with Crippen LogP contribution in [-0.2, 0) is 10.0 Å². The second-order valence-electron chi connectivity index (χ2n) is 9.56. The minimum atomic E-state index is -3.61. The Morgan fingerprint density at radius 3 is 2.35 bits per heavy atom. The Hall–Kier alpha value is -1.56. The molecule has 0 spiro atoms. The number of aromatic nitrogens is 1. The molecule has 0 radical (unpaired) electrons. The molecule has 0 saturated heterocycles. The van der Waals surface area contributed by atoms with Gasteiger partial charge >= 0.3 is 0 Å². The van der Waals surface area contributed by atoms with Crippen molar-refractivity contribution < 1.29 is 25.6 Å². The van der Waals surface area contributed by atoms with Gasteiger partial charge in [0.2, 0.25) is 10.0 Å². The lowest BCUT2D eigenvalue weighted by atomic mass is 9.96. The molecule has 202 valence electrons. The van der Waals surface area contributed by atoms with Crippen LogP contribution in [0.5, 0.6) is 0 Å². The van der Waals surface area contributed by atoms with Crippen molar-refractivity contribution in [2.24, 2.45) is 0 Å². The SMILES string of the molecule is CN(C)CCCN(C(=O)c1ccc(S(=O)(=O)N(C)C2CCCCC2)cc1)c1nc2ccc(Br)cc2s1.[Cl-]. The molecule has 1 aliphatic rings. The van der Waals surface area contributed by atoms with Gasteiger partial charge in [0.15, 0.2) is 5.13 Å². The van der Waals surface area contributed by atoms with Crippen LogP contribution in [0.1, 0.15) is 48.9 Å². The summed E-state index contributed by atoms with van der Waals surface area (Å²) in [7, 11) is 2.07. The number of halogens is 2. The van der Waals surface area contributed by atoms with Crippen LogP contribution in [0.2, 0.25) is 0 Å². The van der Waals surface area contributed by atoms with Crippen molar-refractivity contribution in [1.82, 2.24) is 14.2 Å². The third-order valence-corrected chi connectivity index (χ3v) is 10.1. The van der Waals surface area contributed by atoms with Gasteiger partial charge in [-0.25, -0.2) is 13.4 Å². The topological polar surface area (TPSA) is 73.8 Å². The summed E-state index contributed by atoms with van der Waals surface area (Å²) in [6, 6.07) is 12.3. The number of carbonyl (C=O) groups is 1. The number of thiazole rings is 1. The van der Waals surface area contributed by atoms with E-state index in [1.54, 1.807) is 36.2 Å². The predicted octanol–water partition coefficient (Wildman–Crippen LogP) is 2.61. The molecule has 11 heteroatoms. The normalized spacial score (nSPS) is 14.8. The number of amides is 1. The summed E-state index contributed by atoms with van der Waals surface area (Å²) in [6.45, 7) is 1.35. The smallest absolute Gasteiger partial charge is 0.260 e. The number of sulfonamides is 1. The average Bonchev–Trinajstić information content (AvgIpc) is 3.29. The number of carbonyl (C=O) groups excluding carboxylic acids is 1. The van der Waals surface area contributed by atoms with E-state index >= 15 is 0 Å². The van der Waals surface area contributed by atoms with E-state index in [2.05, 4.69) is 20.8 Å². The Morgan fingerprint density at radius 2 is 1.70 bits per heavy atom. The lowest BCUT2D eigenvalue weighted by Crippen LogP contribution is -3.00. The molecule has 7 nitrogen and oxygen atoms in total. The lowest BCUT2D eigenvalue weighted by molar-refractivity contribution is -0.0000175. The van der Waals surface area contributed by atoms with Crippen molar-refractivity contribution in [1.29, 1.82) is 0 Å². The number of benzene rings is 2. The van der Waals surface area contributed by atoms with Crippen LogP contribution >= 0.6 is 27.3 Å². The molecular formula is C26H33BrClN4O3S2-. The highest BCUT2D eigenvalue weighted by atomic mass is 79.9. The van der Waals surface area contributed by atoms with E-state index in [0.29, 0.717) is 17.2 Å². The number of anilines is 1. The molecule has 0 unspecified atom stereocenters. The van der Waals surface area contributed by atoms with E-state index < -0.39 is 10.0 Å². The van der Waals surface area contributed by atoms with Gasteiger partial charge in [0.05, 0.1) is 15.1 Å². The molecule has 0 N–H and O–H groups in total. The first-order valence-corrected chi connectivity index (χ1v) is 15.3. The number of nitrogens with zero attached hydrogens (tertiary/aromatic N) is 4. The van der Waals surface area contributed by atoms with E-state index in [9.17, 15) is 13.2 Å². The summed E-state index contributed by atoms with van der Waals surface area (Å²) in [5.41, 5.74) is 1.29. The molecule has 1 heterocycles. The molecule has 1 saturated carbocycles. The van der Waals surface area contributed by atoms with E-state index in [1.807, 2.05) is 32.3 Å². The molecule has 0 aliphatic heterocycles. The maximum Gasteiger partial charge on any atom is 0.260 e. The first-order chi connectivity index (χ1) is 17.2. The maximum absolute atomic E-state index is 13.6. The quantitative estimate of drug-likeness (QED) is 0.365. The summed E-state index contributed by atoms with van der Waals surface area (Å²) in [4.78, 5) is 22.3. The molecule has 3 aromatic rings. The van der Waals surface area contributed by atoms with Crippen LogP contribution < -0.4 is 17.3 Å². The molecule has 2 aromatic carbocycles. The molecule has 37 heavy (non-hydrogen) atoms. The van der Waals surface area contributed by atoms with Gasteiger partial charge in [-0.2, -0.15) is 4.31 Å². The number of rotatable bonds is 9. The number of hydrogen-bond acceptors (Lipinski definition) is 6. The number of fused-ring (bicyclic) bond motifs is 1. The van der Waals surface area contributed by atoms with E-state index in [1.165, 1.54) is 15.6 Å². The van der Waals surface area contributed by atoms with Crippen molar-refractivity contribution >= 4 is 58.5 Å². The van der Waals surface area contributed by atoms with Crippen LogP contribution in [0.25, 0.3) is 10.2 Å². The van der Waals surface area contributed by atoms with Gasteiger partial charge in [-0.05, 0) is 82.4 Å². The first-order valence-electron chi connectivity index (χ1n) is 12.3. The fourth-order valence-electron chi connectivity index (χ4n) is 4.56. The molecule has 0 atom stereocenters. The van der Waals surface area contributed by atoms with Crippen molar-refractivity contribution in [2.45, 2.75) is 49.5 Å². The third-order valence-electron chi connectivity index (χ3n) is 6.67. The zero-order chi connectivity index (χ0) is 25.9. The molecular weight excluding hydrogens is 596 g/mol. The van der Waals surface area contributed by atoms with Crippen LogP contribution in [0.15, 0.2) is 51.8 Å². The zero-order valence-corrected chi connectivity index (χ0v) is 25.3. The molecule has 1 fully saturated rings. The van der Waals surface area contributed by atoms with E-state index in [4.69, 9.17) is 4.98 Å². The molecule has 0 bridgehead atoms. The van der Waals surface area contributed by atoms with Gasteiger partial charge in [-0.3, -0.25) is 9.69 Å². The highest BCUT2D eigenvalue weighted by molar-refractivity contribution is 9.10. The maximum atomic E-state index is 13.6. The zero-order valence-electron chi connectivity index (χ0n) is 21.4. The summed E-state index contributed by atoms with van der Waals surface area (Å²) < 4.78 is 29.9. The number of hydrogen-bond donors (Lipinski definition) is 0. The minimum absolute atomic E-state index is 0. The Balaban J connectivity index is 0.00000380. The second-order valence-corrected chi connectivity index (χ2v) is 13.5. The fourth-order valence-corrected chi connectivity index (χ4v) is 7.52. The third kappa shape index (κ3) is 7.10. The van der Waals surface area contributed by atoms with Gasteiger partial charge in [0, 0.05) is 29.7 Å². The Morgan fingerprint density at radius 1 is 1.03 bits per heavy atom. The van der Waals surface area contributed by atoms with Gasteiger partial charge in [0.1, 0.15) is 0 Å². The van der Waals surface area contributed by atoms with Crippen molar-refractivity contribution in [2.75, 3.05) is 39.1 Å². The van der Waals surface area contributed by atoms with Crippen molar-refractivity contribution in [3.8, 4) is 0 Å².